The van der Waals surface area contributed by atoms with Crippen LogP contribution in [0.1, 0.15) is 58.3 Å². The van der Waals surface area contributed by atoms with Crippen LogP contribution in [0, 0.1) is 0 Å². The zero-order valence-corrected chi connectivity index (χ0v) is 11.4. The van der Waals surface area contributed by atoms with Gasteiger partial charge in [0.15, 0.2) is 0 Å². The summed E-state index contributed by atoms with van der Waals surface area (Å²) >= 11 is 0. The Hall–Kier alpha value is -0.300. The Bertz CT molecular complexity index is 299. The van der Waals surface area contributed by atoms with Crippen LogP contribution < -0.4 is 0 Å². The molecule has 0 aromatic carbocycles. The standard InChI is InChI=1S/C11H21F3O3S/c1-2-3-4-5-6-7-8-9-10-18(15,16)17-11(12,13)14/h2-10H2,1H3. The first-order valence-corrected chi connectivity index (χ1v) is 7.84. The third-order valence-electron chi connectivity index (χ3n) is 2.47. The lowest BCUT2D eigenvalue weighted by Crippen LogP contribution is -2.21. The van der Waals surface area contributed by atoms with Gasteiger partial charge in [0.05, 0.1) is 5.75 Å². The summed E-state index contributed by atoms with van der Waals surface area (Å²) in [5.74, 6) is -0.568. The summed E-state index contributed by atoms with van der Waals surface area (Å²) in [6, 6.07) is 0. The van der Waals surface area contributed by atoms with Crippen molar-refractivity contribution >= 4 is 10.1 Å². The minimum Gasteiger partial charge on any atom is -0.199 e. The van der Waals surface area contributed by atoms with Crippen molar-refractivity contribution in [3.05, 3.63) is 0 Å². The molecule has 3 nitrogen and oxygen atoms in total. The van der Waals surface area contributed by atoms with Gasteiger partial charge in [0.1, 0.15) is 0 Å². The molecule has 0 aliphatic carbocycles. The van der Waals surface area contributed by atoms with Gasteiger partial charge in [-0.15, -0.1) is 13.2 Å². The smallest absolute Gasteiger partial charge is 0.199 e. The first-order valence-electron chi connectivity index (χ1n) is 6.27. The third kappa shape index (κ3) is 12.2. The third-order valence-corrected chi connectivity index (χ3v) is 3.70. The molecule has 18 heavy (non-hydrogen) atoms. The van der Waals surface area contributed by atoms with Gasteiger partial charge in [-0.3, -0.25) is 0 Å². The molecule has 0 spiro atoms. The topological polar surface area (TPSA) is 43.4 Å². The number of hydrogen-bond donors (Lipinski definition) is 0. The van der Waals surface area contributed by atoms with Crippen LogP contribution in [0.2, 0.25) is 0 Å². The highest BCUT2D eigenvalue weighted by molar-refractivity contribution is 7.86. The Morgan fingerprint density at radius 3 is 1.78 bits per heavy atom. The van der Waals surface area contributed by atoms with Gasteiger partial charge in [-0.05, 0) is 6.42 Å². The van der Waals surface area contributed by atoms with Crippen LogP contribution in [0.3, 0.4) is 0 Å². The fourth-order valence-electron chi connectivity index (χ4n) is 1.60. The van der Waals surface area contributed by atoms with Gasteiger partial charge in [-0.1, -0.05) is 51.9 Å². The Morgan fingerprint density at radius 2 is 1.33 bits per heavy atom. The number of unbranched alkanes of at least 4 members (excludes halogenated alkanes) is 7. The molecule has 0 bridgehead atoms. The fraction of sp³-hybridized carbons (Fsp3) is 1.00. The molecule has 0 aliphatic heterocycles. The fourth-order valence-corrected chi connectivity index (χ4v) is 2.53. The van der Waals surface area contributed by atoms with Crippen LogP contribution in [-0.4, -0.2) is 20.5 Å². The molecule has 0 aromatic heterocycles. The zero-order valence-electron chi connectivity index (χ0n) is 10.6. The van der Waals surface area contributed by atoms with E-state index < -0.39 is 22.2 Å². The molecule has 0 rings (SSSR count). The zero-order chi connectivity index (χ0) is 14.1. The average molecular weight is 290 g/mol. The van der Waals surface area contributed by atoms with E-state index in [4.69, 9.17) is 0 Å². The maximum Gasteiger partial charge on any atom is 0.537 e. The molecule has 0 heterocycles. The molecule has 0 aliphatic rings. The van der Waals surface area contributed by atoms with E-state index in [1.807, 2.05) is 0 Å². The number of rotatable bonds is 10. The van der Waals surface area contributed by atoms with Crippen molar-refractivity contribution in [1.82, 2.24) is 0 Å². The van der Waals surface area contributed by atoms with Crippen molar-refractivity contribution in [3.63, 3.8) is 0 Å². The summed E-state index contributed by atoms with van der Waals surface area (Å²) < 4.78 is 59.9. The second-order valence-corrected chi connectivity index (χ2v) is 5.96. The lowest BCUT2D eigenvalue weighted by molar-refractivity contribution is -0.271. The predicted octanol–water partition coefficient (Wildman–Crippen LogP) is 3.99. The van der Waals surface area contributed by atoms with Crippen molar-refractivity contribution in [1.29, 1.82) is 0 Å². The van der Waals surface area contributed by atoms with Crippen LogP contribution in [0.4, 0.5) is 13.2 Å². The summed E-state index contributed by atoms with van der Waals surface area (Å²) in [5.41, 5.74) is 0. The van der Waals surface area contributed by atoms with Crippen molar-refractivity contribution in [2.24, 2.45) is 0 Å². The minimum absolute atomic E-state index is 0.214. The van der Waals surface area contributed by atoms with Crippen molar-refractivity contribution in [3.8, 4) is 0 Å². The minimum atomic E-state index is -5.11. The monoisotopic (exact) mass is 290 g/mol. The summed E-state index contributed by atoms with van der Waals surface area (Å²) in [7, 11) is -4.47. The molecule has 0 unspecified atom stereocenters. The molecule has 110 valence electrons. The predicted molar refractivity (Wildman–Crippen MR) is 63.5 cm³/mol. The van der Waals surface area contributed by atoms with E-state index in [2.05, 4.69) is 11.1 Å². The van der Waals surface area contributed by atoms with Crippen molar-refractivity contribution < 1.29 is 25.8 Å². The second kappa shape index (κ2) is 8.74. The first-order chi connectivity index (χ1) is 8.27. The van der Waals surface area contributed by atoms with E-state index in [1.54, 1.807) is 0 Å². The highest BCUT2D eigenvalue weighted by Gasteiger charge is 2.36. The maximum absolute atomic E-state index is 11.7. The summed E-state index contributed by atoms with van der Waals surface area (Å²) in [5, 5.41) is 0. The Morgan fingerprint density at radius 1 is 0.889 bits per heavy atom. The normalized spacial score (nSPS) is 12.9. The van der Waals surface area contributed by atoms with E-state index >= 15 is 0 Å². The van der Waals surface area contributed by atoms with Gasteiger partial charge in [0.25, 0.3) is 10.1 Å². The van der Waals surface area contributed by atoms with Gasteiger partial charge in [0.2, 0.25) is 0 Å². The molecule has 7 heteroatoms. The van der Waals surface area contributed by atoms with Gasteiger partial charge < -0.3 is 0 Å². The van der Waals surface area contributed by atoms with Crippen LogP contribution >= 0.6 is 0 Å². The van der Waals surface area contributed by atoms with Crippen molar-refractivity contribution in [2.75, 3.05) is 5.75 Å². The molecule has 0 amide bonds. The molecule has 0 aromatic rings. The molecular formula is C11H21F3O3S. The van der Waals surface area contributed by atoms with Crippen molar-refractivity contribution in [2.45, 2.75) is 64.7 Å². The number of halogens is 3. The Balaban J connectivity index is 3.54. The first kappa shape index (κ1) is 17.7. The highest BCUT2D eigenvalue weighted by atomic mass is 32.2. The van der Waals surface area contributed by atoms with E-state index in [0.29, 0.717) is 6.42 Å². The van der Waals surface area contributed by atoms with Gasteiger partial charge in [-0.2, -0.15) is 12.6 Å². The molecule has 0 fully saturated rings. The number of hydrogen-bond acceptors (Lipinski definition) is 3. The number of alkyl halides is 3. The van der Waals surface area contributed by atoms with Crippen LogP contribution in [0.5, 0.6) is 0 Å². The second-order valence-electron chi connectivity index (χ2n) is 4.27. The molecule has 0 atom stereocenters. The average Bonchev–Trinajstić information content (AvgIpc) is 2.18. The van der Waals surface area contributed by atoms with E-state index in [9.17, 15) is 21.6 Å². The molecule has 0 N–H and O–H groups in total. The van der Waals surface area contributed by atoms with Gasteiger partial charge in [0, 0.05) is 0 Å². The molecular weight excluding hydrogens is 269 g/mol. The molecule has 0 saturated heterocycles. The Labute approximate surface area is 107 Å². The van der Waals surface area contributed by atoms with E-state index in [-0.39, 0.29) is 6.42 Å². The SMILES string of the molecule is CCCCCCCCCCS(=O)(=O)OC(F)(F)F. The summed E-state index contributed by atoms with van der Waals surface area (Å²) in [4.78, 5) is 0. The van der Waals surface area contributed by atoms with Crippen LogP contribution in [0.15, 0.2) is 0 Å². The van der Waals surface area contributed by atoms with E-state index in [0.717, 1.165) is 32.1 Å². The quantitative estimate of drug-likeness (QED) is 0.451. The Kier molecular flexibility index (Phi) is 8.60. The lowest BCUT2D eigenvalue weighted by atomic mass is 10.1. The molecule has 0 radical (unpaired) electrons. The van der Waals surface area contributed by atoms with Crippen LogP contribution in [-0.2, 0) is 14.3 Å². The van der Waals surface area contributed by atoms with Gasteiger partial charge >= 0.3 is 6.36 Å². The largest absolute Gasteiger partial charge is 0.537 e. The summed E-state index contributed by atoms with van der Waals surface area (Å²) in [6.07, 6.45) is 2.18. The maximum atomic E-state index is 11.7. The molecule has 0 saturated carbocycles. The van der Waals surface area contributed by atoms with E-state index in [1.165, 1.54) is 6.42 Å². The van der Waals surface area contributed by atoms with Gasteiger partial charge in [-0.25, -0.2) is 0 Å². The lowest BCUT2D eigenvalue weighted by Gasteiger charge is -2.07. The van der Waals surface area contributed by atoms with Crippen LogP contribution in [0.25, 0.3) is 0 Å². The summed E-state index contributed by atoms with van der Waals surface area (Å²) in [6.45, 7) is 2.12. The highest BCUT2D eigenvalue weighted by Crippen LogP contribution is 2.20.